The molecule has 0 aromatic heterocycles. The van der Waals surface area contributed by atoms with Crippen LogP contribution in [0.1, 0.15) is 79.1 Å². The van der Waals surface area contributed by atoms with Crippen molar-refractivity contribution >= 4 is 0 Å². The van der Waals surface area contributed by atoms with Gasteiger partial charge >= 0.3 is 0 Å². The van der Waals surface area contributed by atoms with Crippen LogP contribution in [0.15, 0.2) is 0 Å². The molecule has 38 atom stereocenters. The van der Waals surface area contributed by atoms with Crippen LogP contribution in [0.5, 0.6) is 0 Å². The molecule has 29 heteroatoms. The highest BCUT2D eigenvalue weighted by atomic mass is 16.8. The van der Waals surface area contributed by atoms with Crippen molar-refractivity contribution in [1.29, 1.82) is 0 Å². The zero-order valence-corrected chi connectivity index (χ0v) is 48.1. The summed E-state index contributed by atoms with van der Waals surface area (Å²) in [5, 5.41) is 188. The van der Waals surface area contributed by atoms with Crippen molar-refractivity contribution < 1.29 is 144 Å². The maximum atomic E-state index is 12.3. The molecule has 11 rings (SSSR count). The molecular weight excluding hydrogens is 1140 g/mol. The van der Waals surface area contributed by atoms with Gasteiger partial charge in [0.15, 0.2) is 37.2 Å². The lowest BCUT2D eigenvalue weighted by atomic mass is 9.44. The van der Waals surface area contributed by atoms with Gasteiger partial charge in [0.05, 0.1) is 64.1 Å². The highest BCUT2D eigenvalue weighted by Crippen LogP contribution is 2.71. The minimum atomic E-state index is -2.21. The van der Waals surface area contributed by atoms with Gasteiger partial charge in [0.1, 0.15) is 116 Å². The molecule has 0 aromatic rings. The molecule has 7 heterocycles. The molecule has 29 nitrogen and oxygen atoms in total. The SMILES string of the molecule is C[C@@H]1CC[C@@]2(OC1)OC1C([C@@H]2C)[C@@]2(C)CCC3C(CC[C@H]4C[C@@H](O[C@@H]5O[C@H](CO)[C@H](OC6O[C@H](CO)[C@@H](O)[C@H](OC7OC[C@@H](O)[C@H](O)[C@H]7O)[C@H]6O[C@@H]6O[C@H](CO)[C@H](O)[C@H](OC7O[C@H](CO)[C@@H](O)[C@H](O)[C@H]7O)[C@H]6O)[C@H](O)[C@H]5O)[C@H](O)C[C@]34C)C2[C@@H]1O. The average molecular weight is 1230 g/mol. The summed E-state index contributed by atoms with van der Waals surface area (Å²) < 4.78 is 72.8. The van der Waals surface area contributed by atoms with Crippen LogP contribution in [0.3, 0.4) is 0 Å². The van der Waals surface area contributed by atoms with Crippen LogP contribution in [0.4, 0.5) is 0 Å². The zero-order valence-electron chi connectivity index (χ0n) is 48.1. The van der Waals surface area contributed by atoms with Crippen LogP contribution >= 0.6 is 0 Å². The average Bonchev–Trinajstić information content (AvgIpc) is 1.60. The highest BCUT2D eigenvalue weighted by Gasteiger charge is 2.73. The Morgan fingerprint density at radius 3 is 1.67 bits per heavy atom. The number of fused-ring (bicyclic) bond motifs is 7. The molecule has 0 aromatic carbocycles. The Hall–Kier alpha value is -1.16. The van der Waals surface area contributed by atoms with E-state index in [2.05, 4.69) is 27.7 Å². The van der Waals surface area contributed by atoms with E-state index in [0.717, 1.165) is 38.5 Å². The van der Waals surface area contributed by atoms with Gasteiger partial charge in [-0.15, -0.1) is 0 Å². The predicted octanol–water partition coefficient (Wildman–Crippen LogP) is -6.50. The van der Waals surface area contributed by atoms with Gasteiger partial charge in [-0.2, -0.15) is 0 Å². The van der Waals surface area contributed by atoms with Gasteiger partial charge in [-0.1, -0.05) is 27.7 Å². The first-order valence-corrected chi connectivity index (χ1v) is 30.5. The minimum absolute atomic E-state index is 0.00749. The van der Waals surface area contributed by atoms with E-state index in [4.69, 9.17) is 56.8 Å². The Labute approximate surface area is 491 Å². The number of aliphatic hydroxyl groups is 17. The Morgan fingerprint density at radius 1 is 0.447 bits per heavy atom. The molecule has 11 aliphatic rings. The molecule has 4 saturated carbocycles. The molecule has 11 fully saturated rings. The van der Waals surface area contributed by atoms with Gasteiger partial charge in [-0.25, -0.2) is 0 Å². The van der Waals surface area contributed by atoms with E-state index in [0.29, 0.717) is 25.4 Å². The second-order valence-electron chi connectivity index (χ2n) is 26.9. The molecule has 1 spiro atoms. The van der Waals surface area contributed by atoms with Gasteiger partial charge in [-0.05, 0) is 85.4 Å². The standard InChI is InChI=1S/C56H92O29/c1-19-7-10-56(75-17-19)20(2)31-45(85-56)37(67)32-22-6-5-21-11-26(24(61)12-55(21,4)23(22)8-9-54(31,32)3)76-50-42(72)39(69)44(30(16-60)80-50)81-53-48(47(36(66)29(15-59)79-53)83-49-40(70)33(63)25(62)18-74-49)84-52-43(73)46(35(65)28(14-58)78-52)82-51-41(71)38(68)34(64)27(13-57)77-51/h19-53,57-73H,5-18H2,1-4H3/t19-,20+,21+,22?,23?,24-,25-,26-,27-,28-,29-,30-,31?,32?,33+,34-,35+,36-,37+,38+,39-,40-,41-,42-,43-,44+,45?,46+,47+,48-,49?,50-,51?,52+,53?,54-,55+,56-/m1/s1. The topological polar surface area (TPSA) is 455 Å². The molecule has 85 heavy (non-hydrogen) atoms. The van der Waals surface area contributed by atoms with Crippen molar-refractivity contribution in [1.82, 2.24) is 0 Å². The van der Waals surface area contributed by atoms with Gasteiger partial charge < -0.3 is 144 Å². The van der Waals surface area contributed by atoms with E-state index in [1.54, 1.807) is 0 Å². The summed E-state index contributed by atoms with van der Waals surface area (Å²) in [7, 11) is 0. The molecular formula is C56H92O29. The Kier molecular flexibility index (Phi) is 19.5. The molecule has 490 valence electrons. The Balaban J connectivity index is 0.797. The lowest BCUT2D eigenvalue weighted by Crippen LogP contribution is -2.69. The molecule has 7 aliphatic heterocycles. The highest BCUT2D eigenvalue weighted by molar-refractivity contribution is 5.19. The van der Waals surface area contributed by atoms with Crippen molar-refractivity contribution in [3.8, 4) is 0 Å². The fourth-order valence-corrected chi connectivity index (χ4v) is 17.4. The fraction of sp³-hybridized carbons (Fsp3) is 1.00. The second kappa shape index (κ2) is 25.4. The van der Waals surface area contributed by atoms with Crippen LogP contribution in [-0.2, 0) is 56.8 Å². The first kappa shape index (κ1) is 65.3. The number of ether oxygens (including phenoxy) is 12. The van der Waals surface area contributed by atoms with Crippen molar-refractivity contribution in [2.45, 2.75) is 257 Å². The Bertz CT molecular complexity index is 2220. The molecule has 8 unspecified atom stereocenters. The van der Waals surface area contributed by atoms with E-state index in [1.165, 1.54) is 0 Å². The van der Waals surface area contributed by atoms with E-state index < -0.39 is 205 Å². The lowest BCUT2D eigenvalue weighted by Gasteiger charge is -2.62. The molecule has 7 saturated heterocycles. The summed E-state index contributed by atoms with van der Waals surface area (Å²) in [6.45, 7) is 5.21. The third-order valence-electron chi connectivity index (χ3n) is 22.2. The van der Waals surface area contributed by atoms with Crippen LogP contribution < -0.4 is 0 Å². The number of hydrogen-bond donors (Lipinski definition) is 17. The number of rotatable bonds is 14. The molecule has 0 bridgehead atoms. The second-order valence-corrected chi connectivity index (χ2v) is 26.9. The van der Waals surface area contributed by atoms with Gasteiger partial charge in [0.2, 0.25) is 0 Å². The first-order valence-electron chi connectivity index (χ1n) is 30.5. The van der Waals surface area contributed by atoms with Crippen LogP contribution in [-0.4, -0.2) is 304 Å². The molecule has 0 radical (unpaired) electrons. The summed E-state index contributed by atoms with van der Waals surface area (Å²) in [5.74, 6) is 0.388. The van der Waals surface area contributed by atoms with Crippen molar-refractivity contribution in [3.63, 3.8) is 0 Å². The fourth-order valence-electron chi connectivity index (χ4n) is 17.4. The van der Waals surface area contributed by atoms with E-state index >= 15 is 0 Å². The molecule has 17 N–H and O–H groups in total. The zero-order chi connectivity index (χ0) is 61.1. The summed E-state index contributed by atoms with van der Waals surface area (Å²) in [6.07, 6.45) is -42.5. The third-order valence-corrected chi connectivity index (χ3v) is 22.2. The van der Waals surface area contributed by atoms with Gasteiger partial charge in [-0.3, -0.25) is 0 Å². The van der Waals surface area contributed by atoms with E-state index in [-0.39, 0.29) is 52.4 Å². The van der Waals surface area contributed by atoms with E-state index in [1.807, 2.05) is 0 Å². The first-order chi connectivity index (χ1) is 40.3. The van der Waals surface area contributed by atoms with Gasteiger partial charge in [0, 0.05) is 18.3 Å². The largest absolute Gasteiger partial charge is 0.394 e. The van der Waals surface area contributed by atoms with Crippen molar-refractivity contribution in [2.75, 3.05) is 39.6 Å². The smallest absolute Gasteiger partial charge is 0.187 e. The molecule has 4 aliphatic carbocycles. The number of aliphatic hydroxyl groups excluding tert-OH is 17. The van der Waals surface area contributed by atoms with E-state index in [9.17, 15) is 86.8 Å². The number of hydrogen-bond acceptors (Lipinski definition) is 29. The third kappa shape index (κ3) is 11.3. The van der Waals surface area contributed by atoms with Gasteiger partial charge in [0.25, 0.3) is 0 Å². The quantitative estimate of drug-likeness (QED) is 0.0719. The molecule has 0 amide bonds. The van der Waals surface area contributed by atoms with Crippen molar-refractivity contribution in [3.05, 3.63) is 0 Å². The summed E-state index contributed by atoms with van der Waals surface area (Å²) in [5.41, 5.74) is -0.531. The lowest BCUT2D eigenvalue weighted by molar-refractivity contribution is -0.410. The van der Waals surface area contributed by atoms with Crippen LogP contribution in [0, 0.1) is 52.3 Å². The predicted molar refractivity (Wildman–Crippen MR) is 278 cm³/mol. The maximum absolute atomic E-state index is 12.3. The summed E-state index contributed by atoms with van der Waals surface area (Å²) >= 11 is 0. The normalized spacial score (nSPS) is 58.1. The monoisotopic (exact) mass is 1230 g/mol. The van der Waals surface area contributed by atoms with Crippen molar-refractivity contribution in [2.24, 2.45) is 52.3 Å². The minimum Gasteiger partial charge on any atom is -0.394 e. The Morgan fingerprint density at radius 2 is 1.01 bits per heavy atom. The van der Waals surface area contributed by atoms with Crippen LogP contribution in [0.2, 0.25) is 0 Å². The summed E-state index contributed by atoms with van der Waals surface area (Å²) in [4.78, 5) is 0. The summed E-state index contributed by atoms with van der Waals surface area (Å²) in [6, 6.07) is 0. The van der Waals surface area contributed by atoms with Crippen LogP contribution in [0.25, 0.3) is 0 Å². The maximum Gasteiger partial charge on any atom is 0.187 e.